The molecule has 344 valence electrons. The molecule has 1 saturated heterocycles. The number of cyclic esters (lactones) is 2. The van der Waals surface area contributed by atoms with Gasteiger partial charge in [0.05, 0.1) is 41.2 Å². The van der Waals surface area contributed by atoms with Crippen molar-refractivity contribution in [2.24, 2.45) is 17.3 Å². The van der Waals surface area contributed by atoms with Crippen LogP contribution < -0.4 is 0 Å². The molecule has 0 aromatic carbocycles. The van der Waals surface area contributed by atoms with Gasteiger partial charge in [-0.25, -0.2) is 4.79 Å². The second kappa shape index (κ2) is 32.1. The van der Waals surface area contributed by atoms with Gasteiger partial charge < -0.3 is 23.0 Å². The number of hydrogen-bond donors (Lipinski definition) is 0. The van der Waals surface area contributed by atoms with E-state index in [0.717, 1.165) is 0 Å². The van der Waals surface area contributed by atoms with Crippen LogP contribution in [0.2, 0.25) is 0 Å². The zero-order valence-corrected chi connectivity index (χ0v) is 64.5. The number of carbonyl (C=O) groups excluding carboxylic acids is 2. The van der Waals surface area contributed by atoms with Crippen molar-refractivity contribution < 1.29 is 32.6 Å². The molecule has 59 heavy (non-hydrogen) atoms. The van der Waals surface area contributed by atoms with Gasteiger partial charge in [-0.3, -0.25) is 4.79 Å². The molecule has 27 unspecified atom stereocenters. The topological polar surface area (TPSA) is 80.3 Å². The molecule has 0 radical (unpaired) electrons. The molecule has 2 aliphatic rings. The molecule has 0 saturated carbocycles. The lowest BCUT2D eigenvalue weighted by Crippen LogP contribution is -2.57. The predicted molar refractivity (Wildman–Crippen MR) is 357 cm³/mol. The monoisotopic (exact) mass is 1370 g/mol. The largest absolute Gasteiger partial charge is 0.509 e. The molecule has 0 amide bonds. The molecule has 2 rings (SSSR count). The Labute approximate surface area is 409 Å². The van der Waals surface area contributed by atoms with Crippen LogP contribution in [0.4, 0.5) is 4.79 Å². The predicted octanol–water partition coefficient (Wildman–Crippen LogP) is 21.0. The number of carbonyl (C=O) groups is 2. The average molecular weight is 1370 g/mol. The summed E-state index contributed by atoms with van der Waals surface area (Å²) in [6.45, 7) is 11.4. The van der Waals surface area contributed by atoms with Gasteiger partial charge in [0.25, 0.3) is 0 Å². The Bertz CT molecular complexity index is 1390. The summed E-state index contributed by atoms with van der Waals surface area (Å²) in [5.74, 6) is -1.11. The van der Waals surface area contributed by atoms with Gasteiger partial charge in [-0.2, -0.15) is 0 Å². The summed E-state index contributed by atoms with van der Waals surface area (Å²) in [5, 5.41) is 0. The third-order valence-electron chi connectivity index (χ3n) is 9.19. The smallest absolute Gasteiger partial charge is 0.426 e. The third kappa shape index (κ3) is 19.6. The highest BCUT2D eigenvalue weighted by Gasteiger charge is 2.64. The summed E-state index contributed by atoms with van der Waals surface area (Å²) in [7, 11) is 46.6. The molecule has 1 fully saturated rings. The van der Waals surface area contributed by atoms with E-state index in [-0.39, 0.29) is 45.8 Å². The Morgan fingerprint density at radius 2 is 1.41 bits per heavy atom. The summed E-state index contributed by atoms with van der Waals surface area (Å²) in [5.41, 5.74) is 0.0539. The molecule has 27 atom stereocenters. The van der Waals surface area contributed by atoms with Crippen LogP contribution in [0.3, 0.4) is 0 Å². The van der Waals surface area contributed by atoms with Crippen molar-refractivity contribution in [1.29, 1.82) is 0 Å². The van der Waals surface area contributed by atoms with E-state index in [4.69, 9.17) is 23.0 Å². The van der Waals surface area contributed by atoms with Gasteiger partial charge in [0.15, 0.2) is 17.5 Å². The molecule has 0 bridgehead atoms. The first-order valence-electron chi connectivity index (χ1n) is 17.0. The van der Waals surface area contributed by atoms with Crippen molar-refractivity contribution in [3.8, 4) is 0 Å². The average Bonchev–Trinajstić information content (AvgIpc) is 3.46. The Morgan fingerprint density at radius 1 is 0.864 bits per heavy atom. The van der Waals surface area contributed by atoms with E-state index in [1.807, 2.05) is 13.8 Å². The van der Waals surface area contributed by atoms with Crippen LogP contribution in [0.5, 0.6) is 0 Å². The minimum Gasteiger partial charge on any atom is -0.426 e. The fourth-order valence-electron chi connectivity index (χ4n) is 6.56. The van der Waals surface area contributed by atoms with Crippen molar-refractivity contribution in [2.75, 3.05) is 6.61 Å². The highest BCUT2D eigenvalue weighted by Crippen LogP contribution is 3.18. The van der Waals surface area contributed by atoms with Crippen molar-refractivity contribution in [1.82, 2.24) is 0 Å². The van der Waals surface area contributed by atoms with E-state index in [1.165, 1.54) is 5.57 Å². The lowest BCUT2D eigenvalue weighted by Gasteiger charge is -2.49. The number of hydrogen-bond acceptors (Lipinski definition) is 7. The lowest BCUT2D eigenvalue weighted by atomic mass is 9.61. The minimum absolute atomic E-state index is 0.102. The van der Waals surface area contributed by atoms with Crippen LogP contribution in [-0.4, -0.2) is 42.5 Å². The summed E-state index contributed by atoms with van der Waals surface area (Å²) in [6.07, 6.45) is 1.72. The number of ketones is 1. The van der Waals surface area contributed by atoms with Gasteiger partial charge in [0, 0.05) is 26.9 Å². The Kier molecular flexibility index (Phi) is 36.0. The molecule has 0 aromatic rings. The first-order chi connectivity index (χ1) is 27.2. The van der Waals surface area contributed by atoms with E-state index >= 15 is 0 Å². The first-order valence-corrected chi connectivity index (χ1v) is 69.2. The van der Waals surface area contributed by atoms with E-state index in [0.29, 0.717) is 39.4 Å². The maximum absolute atomic E-state index is 15.0. The summed E-state index contributed by atoms with van der Waals surface area (Å²) in [6, 6.07) is 0. The number of rotatable bonds is 25. The summed E-state index contributed by atoms with van der Waals surface area (Å²) < 4.78 is 33.6. The van der Waals surface area contributed by atoms with Crippen molar-refractivity contribution in [2.45, 2.75) is 77.8 Å². The van der Waals surface area contributed by atoms with Gasteiger partial charge >= 0.3 is 6.16 Å². The van der Waals surface area contributed by atoms with E-state index < -0.39 is 99.8 Å². The standard InChI is InChI=1S/C22H64O7P30/c1-12-11-21(5,6)16(10-17(12)29-49(57(45)53(37)38)59(55(41)42)56(43)44)19-22(27-20(24)26-19,13(2)8-7-9-25-47(50(31)32)51(33)34)14(3)18(23)15(4)28-48(52(35)36)58(46-30)54(39)40/h11,14-17,19,46H,2,7-10,30-45H2,1,3-6H3. The quantitative estimate of drug-likeness (QED) is 0.0390. The maximum Gasteiger partial charge on any atom is 0.509 e. The van der Waals surface area contributed by atoms with Crippen molar-refractivity contribution >= 4 is 255 Å². The van der Waals surface area contributed by atoms with Crippen LogP contribution in [0, 0.1) is 17.3 Å². The van der Waals surface area contributed by atoms with E-state index in [9.17, 15) is 9.59 Å². The summed E-state index contributed by atoms with van der Waals surface area (Å²) >= 11 is 0. The molecule has 7 nitrogen and oxygen atoms in total. The molecule has 0 N–H and O–H groups in total. The zero-order valence-electron chi connectivity index (χ0n) is 33.4. The van der Waals surface area contributed by atoms with Gasteiger partial charge in [-0.1, -0.05) is 50.3 Å². The van der Waals surface area contributed by atoms with Crippen LogP contribution in [0.25, 0.3) is 0 Å². The van der Waals surface area contributed by atoms with Gasteiger partial charge in [0.2, 0.25) is 0 Å². The fourth-order valence-corrected chi connectivity index (χ4v) is 202. The first kappa shape index (κ1) is 66.3. The molecular weight excluding hydrogens is 1310 g/mol. The maximum atomic E-state index is 15.0. The van der Waals surface area contributed by atoms with Crippen LogP contribution in [0.15, 0.2) is 23.8 Å². The second-order valence-electron chi connectivity index (χ2n) is 13.7. The summed E-state index contributed by atoms with van der Waals surface area (Å²) in [4.78, 5) is 28.8. The van der Waals surface area contributed by atoms with Crippen LogP contribution in [-0.2, 0) is 27.8 Å². The SMILES string of the molecule is C=C(CCCOP(P(P)P)P(P)P)C1(C(C)C(=O)C(C)OP(P(P)P)P(PP)P(P)P)OC(=O)OC1C1CC(OP(P(P)P(P)P)P(P(P)P)P(P)P)C(C)=CC1(C)C. The highest BCUT2D eigenvalue weighted by atomic mass is 33.2. The molecule has 0 aromatic heterocycles. The van der Waals surface area contributed by atoms with Gasteiger partial charge in [-0.15, -0.1) is 134 Å². The molecule has 37 heteroatoms. The third-order valence-corrected chi connectivity index (χ3v) is 150. The normalized spacial score (nSPS) is 25.8. The molecule has 1 aliphatic heterocycles. The van der Waals surface area contributed by atoms with E-state index in [1.54, 1.807) is 0 Å². The number of Topliss-reactive ketones (excluding diaryl/α,β-unsaturated/α-hetero) is 1. The lowest BCUT2D eigenvalue weighted by molar-refractivity contribution is -0.137. The second-order valence-corrected chi connectivity index (χ2v) is 121. The molecule has 1 heterocycles. The Hall–Kier alpha value is 11.2. The van der Waals surface area contributed by atoms with Crippen molar-refractivity contribution in [3.63, 3.8) is 0 Å². The van der Waals surface area contributed by atoms with E-state index in [2.05, 4.69) is 176 Å². The number of ether oxygens (including phenoxy) is 2. The zero-order chi connectivity index (χ0) is 45.5. The fraction of sp³-hybridized carbons (Fsp3) is 0.727. The molecular formula is C22H64O7P30. The number of allylic oxidation sites excluding steroid dienone is 1. The van der Waals surface area contributed by atoms with Crippen LogP contribution in [0.1, 0.15) is 53.9 Å². The van der Waals surface area contributed by atoms with Crippen LogP contribution >= 0.6 is 243 Å². The highest BCUT2D eigenvalue weighted by molar-refractivity contribution is 9.19. The van der Waals surface area contributed by atoms with Gasteiger partial charge in [-0.05, 0) is 98.6 Å². The Balaban J connectivity index is 2.72. The molecule has 0 spiro atoms. The molecule has 1 aliphatic carbocycles. The Morgan fingerprint density at radius 3 is 1.86 bits per heavy atom. The van der Waals surface area contributed by atoms with Gasteiger partial charge in [0.1, 0.15) is 6.10 Å². The minimum atomic E-state index is -1.41. The van der Waals surface area contributed by atoms with Crippen molar-refractivity contribution in [3.05, 3.63) is 23.8 Å².